The topological polar surface area (TPSA) is 80.0 Å². The van der Waals surface area contributed by atoms with Crippen molar-refractivity contribution in [2.24, 2.45) is 21.5 Å². The molecule has 0 saturated carbocycles. The number of benzene rings is 1. The third-order valence-corrected chi connectivity index (χ3v) is 3.56. The zero-order valence-corrected chi connectivity index (χ0v) is 12.2. The molecule has 1 aliphatic heterocycles. The molecule has 5 heteroatoms. The average molecular weight is 259 g/mol. The maximum atomic E-state index is 6.03. The van der Waals surface area contributed by atoms with Gasteiger partial charge in [0.2, 0.25) is 11.9 Å². The summed E-state index contributed by atoms with van der Waals surface area (Å²) in [6, 6.07) is 4.20. The maximum absolute atomic E-state index is 6.03. The van der Waals surface area contributed by atoms with E-state index in [-0.39, 0.29) is 5.96 Å². The number of nitrogens with two attached hydrogens (primary N) is 2. The van der Waals surface area contributed by atoms with E-state index in [1.807, 2.05) is 18.7 Å². The van der Waals surface area contributed by atoms with Crippen LogP contribution in [0.15, 0.2) is 22.1 Å². The van der Waals surface area contributed by atoms with Gasteiger partial charge in [0.05, 0.1) is 0 Å². The van der Waals surface area contributed by atoms with Gasteiger partial charge in [0.1, 0.15) is 5.66 Å². The summed E-state index contributed by atoms with van der Waals surface area (Å²) in [4.78, 5) is 10.3. The van der Waals surface area contributed by atoms with Crippen LogP contribution >= 0.6 is 0 Å². The standard InChI is InChI=1S/C14H21N5/c1-8-6-11(7-9(2)10(8)3)19-13(16)17-12(15)18-14(19,4)5/h6-7H,1-5H3,(H4,15,16,17,18). The summed E-state index contributed by atoms with van der Waals surface area (Å²) in [5, 5.41) is 0. The number of nitrogens with zero attached hydrogens (tertiary/aromatic N) is 3. The summed E-state index contributed by atoms with van der Waals surface area (Å²) < 4.78 is 0. The molecule has 0 aliphatic carbocycles. The highest BCUT2D eigenvalue weighted by Gasteiger charge is 2.33. The van der Waals surface area contributed by atoms with Crippen molar-refractivity contribution in [3.05, 3.63) is 28.8 Å². The highest BCUT2D eigenvalue weighted by Crippen LogP contribution is 2.30. The van der Waals surface area contributed by atoms with Crippen LogP contribution in [0.4, 0.5) is 5.69 Å². The van der Waals surface area contributed by atoms with Crippen molar-refractivity contribution in [3.8, 4) is 0 Å². The molecule has 0 atom stereocenters. The SMILES string of the molecule is Cc1cc(N2C(N)=NC(N)=NC2(C)C)cc(C)c1C. The minimum absolute atomic E-state index is 0.222. The van der Waals surface area contributed by atoms with Gasteiger partial charge in [0.25, 0.3) is 0 Å². The Balaban J connectivity index is 2.56. The third kappa shape index (κ3) is 2.28. The van der Waals surface area contributed by atoms with E-state index in [2.05, 4.69) is 42.9 Å². The lowest BCUT2D eigenvalue weighted by molar-refractivity contribution is 0.533. The summed E-state index contributed by atoms with van der Waals surface area (Å²) in [5.41, 5.74) is 15.9. The minimum Gasteiger partial charge on any atom is -0.369 e. The first-order valence-corrected chi connectivity index (χ1v) is 6.30. The van der Waals surface area contributed by atoms with Crippen molar-refractivity contribution in [2.75, 3.05) is 4.90 Å². The third-order valence-electron chi connectivity index (χ3n) is 3.56. The van der Waals surface area contributed by atoms with E-state index in [0.29, 0.717) is 5.96 Å². The molecule has 1 aromatic carbocycles. The van der Waals surface area contributed by atoms with Crippen LogP contribution in [0.2, 0.25) is 0 Å². The van der Waals surface area contributed by atoms with Crippen LogP contribution in [0.25, 0.3) is 0 Å². The molecule has 0 amide bonds. The molecular formula is C14H21N5. The number of anilines is 1. The van der Waals surface area contributed by atoms with E-state index < -0.39 is 5.66 Å². The molecule has 0 radical (unpaired) electrons. The number of hydrogen-bond acceptors (Lipinski definition) is 5. The summed E-state index contributed by atoms with van der Waals surface area (Å²) in [6.45, 7) is 10.2. The lowest BCUT2D eigenvalue weighted by atomic mass is 10.0. The van der Waals surface area contributed by atoms with Crippen molar-refractivity contribution in [1.82, 2.24) is 0 Å². The molecule has 0 unspecified atom stereocenters. The summed E-state index contributed by atoms with van der Waals surface area (Å²) >= 11 is 0. The van der Waals surface area contributed by atoms with Crippen molar-refractivity contribution in [3.63, 3.8) is 0 Å². The van der Waals surface area contributed by atoms with E-state index in [1.54, 1.807) is 0 Å². The highest BCUT2D eigenvalue weighted by molar-refractivity contribution is 6.05. The molecule has 19 heavy (non-hydrogen) atoms. The number of rotatable bonds is 1. The molecule has 102 valence electrons. The molecule has 0 aromatic heterocycles. The molecule has 5 nitrogen and oxygen atoms in total. The molecule has 0 spiro atoms. The molecule has 4 N–H and O–H groups in total. The highest BCUT2D eigenvalue weighted by atomic mass is 15.4. The lowest BCUT2D eigenvalue weighted by Gasteiger charge is -2.38. The molecule has 1 heterocycles. The summed E-state index contributed by atoms with van der Waals surface area (Å²) in [6.07, 6.45) is 0. The van der Waals surface area contributed by atoms with Crippen molar-refractivity contribution in [1.29, 1.82) is 0 Å². The Hall–Kier alpha value is -2.04. The van der Waals surface area contributed by atoms with Crippen LogP contribution < -0.4 is 16.4 Å². The van der Waals surface area contributed by atoms with E-state index in [0.717, 1.165) is 5.69 Å². The Kier molecular flexibility index (Phi) is 3.00. The fraction of sp³-hybridized carbons (Fsp3) is 0.429. The quantitative estimate of drug-likeness (QED) is 0.807. The molecule has 1 aliphatic rings. The van der Waals surface area contributed by atoms with Gasteiger partial charge in [-0.05, 0) is 63.4 Å². The van der Waals surface area contributed by atoms with Crippen LogP contribution in [0.5, 0.6) is 0 Å². The molecule has 2 rings (SSSR count). The molecular weight excluding hydrogens is 238 g/mol. The molecule has 0 saturated heterocycles. The predicted molar refractivity (Wildman–Crippen MR) is 80.5 cm³/mol. The monoisotopic (exact) mass is 259 g/mol. The van der Waals surface area contributed by atoms with Crippen LogP contribution in [0, 0.1) is 20.8 Å². The molecule has 0 fully saturated rings. The number of hydrogen-bond donors (Lipinski definition) is 2. The van der Waals surface area contributed by atoms with Gasteiger partial charge < -0.3 is 11.5 Å². The second-order valence-electron chi connectivity index (χ2n) is 5.47. The fourth-order valence-corrected chi connectivity index (χ4v) is 2.39. The number of aliphatic imine (C=N–C) groups is 2. The number of guanidine groups is 2. The summed E-state index contributed by atoms with van der Waals surface area (Å²) in [5.74, 6) is 0.597. The molecule has 1 aromatic rings. The van der Waals surface area contributed by atoms with Gasteiger partial charge in [-0.2, -0.15) is 4.99 Å². The van der Waals surface area contributed by atoms with Crippen LogP contribution in [-0.4, -0.2) is 17.6 Å². The van der Waals surface area contributed by atoms with Gasteiger partial charge in [0, 0.05) is 5.69 Å². The minimum atomic E-state index is -0.538. The van der Waals surface area contributed by atoms with Crippen molar-refractivity contribution < 1.29 is 0 Å². The van der Waals surface area contributed by atoms with Gasteiger partial charge >= 0.3 is 0 Å². The second kappa shape index (κ2) is 4.26. The van der Waals surface area contributed by atoms with E-state index in [9.17, 15) is 0 Å². The first-order chi connectivity index (χ1) is 8.72. The average Bonchev–Trinajstić information content (AvgIpc) is 2.22. The fourth-order valence-electron chi connectivity index (χ4n) is 2.39. The van der Waals surface area contributed by atoms with Crippen LogP contribution in [0.3, 0.4) is 0 Å². The number of aryl methyl sites for hydroxylation is 2. The van der Waals surface area contributed by atoms with Gasteiger partial charge in [-0.25, -0.2) is 4.99 Å². The Bertz CT molecular complexity index is 560. The van der Waals surface area contributed by atoms with E-state index in [4.69, 9.17) is 11.5 Å². The molecule has 0 bridgehead atoms. The van der Waals surface area contributed by atoms with Gasteiger partial charge in [-0.1, -0.05) is 0 Å². The Labute approximate surface area is 114 Å². The summed E-state index contributed by atoms with van der Waals surface area (Å²) in [7, 11) is 0. The van der Waals surface area contributed by atoms with Gasteiger partial charge in [-0.15, -0.1) is 0 Å². The normalized spacial score (nSPS) is 18.1. The predicted octanol–water partition coefficient (Wildman–Crippen LogP) is 1.80. The first kappa shape index (κ1) is 13.4. The van der Waals surface area contributed by atoms with Crippen LogP contribution in [0.1, 0.15) is 30.5 Å². The zero-order chi connectivity index (χ0) is 14.4. The van der Waals surface area contributed by atoms with E-state index in [1.165, 1.54) is 16.7 Å². The van der Waals surface area contributed by atoms with E-state index >= 15 is 0 Å². The Morgan fingerprint density at radius 3 is 2.05 bits per heavy atom. The van der Waals surface area contributed by atoms with Gasteiger partial charge in [-0.3, -0.25) is 4.90 Å². The van der Waals surface area contributed by atoms with Crippen molar-refractivity contribution in [2.45, 2.75) is 40.3 Å². The second-order valence-corrected chi connectivity index (χ2v) is 5.47. The van der Waals surface area contributed by atoms with Gasteiger partial charge in [0.15, 0.2) is 0 Å². The maximum Gasteiger partial charge on any atom is 0.220 e. The van der Waals surface area contributed by atoms with Crippen LogP contribution in [-0.2, 0) is 0 Å². The smallest absolute Gasteiger partial charge is 0.220 e. The lowest BCUT2D eigenvalue weighted by Crippen LogP contribution is -2.54. The Morgan fingerprint density at radius 2 is 1.58 bits per heavy atom. The zero-order valence-electron chi connectivity index (χ0n) is 12.2. The Morgan fingerprint density at radius 1 is 1.05 bits per heavy atom. The van der Waals surface area contributed by atoms with Crippen molar-refractivity contribution >= 4 is 17.6 Å². The largest absolute Gasteiger partial charge is 0.369 e. The first-order valence-electron chi connectivity index (χ1n) is 6.30.